The van der Waals surface area contributed by atoms with Gasteiger partial charge in [-0.1, -0.05) is 13.8 Å². The van der Waals surface area contributed by atoms with E-state index in [-0.39, 0.29) is 11.8 Å². The Morgan fingerprint density at radius 2 is 1.94 bits per heavy atom. The first kappa shape index (κ1) is 12.2. The number of rotatable bonds is 4. The van der Waals surface area contributed by atoms with E-state index in [1.54, 1.807) is 26.0 Å². The van der Waals surface area contributed by atoms with Crippen LogP contribution in [0.4, 0.5) is 5.69 Å². The summed E-state index contributed by atoms with van der Waals surface area (Å²) in [6.07, 6.45) is 0.664. The minimum absolute atomic E-state index is 0.0631. The van der Waals surface area contributed by atoms with Crippen molar-refractivity contribution in [3.63, 3.8) is 0 Å². The third kappa shape index (κ3) is 2.82. The number of benzene rings is 1. The fraction of sp³-hybridized carbons (Fsp3) is 0.333. The Kier molecular flexibility index (Phi) is 4.05. The number of ether oxygens (including phenoxy) is 1. The topological polar surface area (TPSA) is 69.4 Å². The van der Waals surface area contributed by atoms with Crippen molar-refractivity contribution < 1.29 is 14.3 Å². The van der Waals surface area contributed by atoms with E-state index < -0.39 is 0 Å². The summed E-state index contributed by atoms with van der Waals surface area (Å²) in [6.45, 7) is 3.46. The molecule has 0 saturated carbocycles. The van der Waals surface area contributed by atoms with Gasteiger partial charge < -0.3 is 10.5 Å². The molecular weight excluding hydrogens is 206 g/mol. The molecule has 1 aromatic rings. The molecule has 0 amide bonds. The third-order valence-electron chi connectivity index (χ3n) is 2.17. The first-order valence-electron chi connectivity index (χ1n) is 5.21. The highest BCUT2D eigenvalue weighted by molar-refractivity contribution is 6.01. The summed E-state index contributed by atoms with van der Waals surface area (Å²) >= 11 is 0. The van der Waals surface area contributed by atoms with Crippen LogP contribution in [-0.2, 0) is 4.79 Å². The smallest absolute Gasteiger partial charge is 0.310 e. The van der Waals surface area contributed by atoms with Crippen LogP contribution >= 0.6 is 0 Å². The van der Waals surface area contributed by atoms with Gasteiger partial charge >= 0.3 is 5.97 Å². The van der Waals surface area contributed by atoms with Crippen molar-refractivity contribution in [1.82, 2.24) is 0 Å². The van der Waals surface area contributed by atoms with Gasteiger partial charge in [-0.05, 0) is 18.2 Å². The van der Waals surface area contributed by atoms with Gasteiger partial charge in [0, 0.05) is 24.1 Å². The predicted molar refractivity (Wildman–Crippen MR) is 61.4 cm³/mol. The number of hydrogen-bond donors (Lipinski definition) is 1. The van der Waals surface area contributed by atoms with Gasteiger partial charge in [-0.3, -0.25) is 9.59 Å². The maximum atomic E-state index is 11.5. The summed E-state index contributed by atoms with van der Waals surface area (Å²) in [5, 5.41) is 0. The zero-order chi connectivity index (χ0) is 12.1. The average Bonchev–Trinajstić information content (AvgIpc) is 2.30. The standard InChI is InChI=1S/C12H15NO3/c1-3-11(14)9-7-8(5-6-10(9)13)16-12(15)4-2/h5-7H,3-4,13H2,1-2H3. The molecule has 1 aromatic carbocycles. The quantitative estimate of drug-likeness (QED) is 0.366. The van der Waals surface area contributed by atoms with Crippen LogP contribution in [0, 0.1) is 0 Å². The molecule has 0 aliphatic rings. The Labute approximate surface area is 94.4 Å². The number of ketones is 1. The predicted octanol–water partition coefficient (Wildman–Crippen LogP) is 2.18. The Balaban J connectivity index is 2.98. The van der Waals surface area contributed by atoms with Crippen LogP contribution in [0.3, 0.4) is 0 Å². The lowest BCUT2D eigenvalue weighted by atomic mass is 10.1. The van der Waals surface area contributed by atoms with E-state index in [2.05, 4.69) is 0 Å². The number of hydrogen-bond acceptors (Lipinski definition) is 4. The maximum absolute atomic E-state index is 11.5. The number of anilines is 1. The molecule has 1 rings (SSSR count). The van der Waals surface area contributed by atoms with Gasteiger partial charge in [0.25, 0.3) is 0 Å². The van der Waals surface area contributed by atoms with Crippen molar-refractivity contribution in [2.75, 3.05) is 5.73 Å². The van der Waals surface area contributed by atoms with Gasteiger partial charge in [0.05, 0.1) is 0 Å². The number of nitrogen functional groups attached to an aromatic ring is 1. The van der Waals surface area contributed by atoms with Gasteiger partial charge in [0.2, 0.25) is 0 Å². The van der Waals surface area contributed by atoms with Crippen LogP contribution in [0.1, 0.15) is 37.0 Å². The molecule has 0 fully saturated rings. The van der Waals surface area contributed by atoms with Crippen LogP contribution in [0.25, 0.3) is 0 Å². The molecule has 0 bridgehead atoms. The van der Waals surface area contributed by atoms with E-state index >= 15 is 0 Å². The molecule has 4 heteroatoms. The van der Waals surface area contributed by atoms with Crippen molar-refractivity contribution in [3.05, 3.63) is 23.8 Å². The first-order valence-corrected chi connectivity index (χ1v) is 5.21. The highest BCUT2D eigenvalue weighted by atomic mass is 16.5. The molecule has 0 aromatic heterocycles. The highest BCUT2D eigenvalue weighted by Gasteiger charge is 2.10. The van der Waals surface area contributed by atoms with Crippen molar-refractivity contribution in [1.29, 1.82) is 0 Å². The van der Waals surface area contributed by atoms with Gasteiger partial charge in [-0.25, -0.2) is 0 Å². The summed E-state index contributed by atoms with van der Waals surface area (Å²) < 4.78 is 5.01. The number of esters is 1. The number of carbonyl (C=O) groups is 2. The molecule has 0 unspecified atom stereocenters. The molecular formula is C12H15NO3. The normalized spacial score (nSPS) is 9.88. The lowest BCUT2D eigenvalue weighted by Crippen LogP contribution is -2.08. The van der Waals surface area contributed by atoms with Crippen LogP contribution in [0.2, 0.25) is 0 Å². The zero-order valence-corrected chi connectivity index (χ0v) is 9.45. The highest BCUT2D eigenvalue weighted by Crippen LogP contribution is 2.21. The second-order valence-electron chi connectivity index (χ2n) is 3.35. The lowest BCUT2D eigenvalue weighted by molar-refractivity contribution is -0.134. The van der Waals surface area contributed by atoms with Crippen molar-refractivity contribution in [3.8, 4) is 5.75 Å². The Morgan fingerprint density at radius 1 is 1.25 bits per heavy atom. The molecule has 0 radical (unpaired) electrons. The van der Waals surface area contributed by atoms with Crippen molar-refractivity contribution in [2.45, 2.75) is 26.7 Å². The van der Waals surface area contributed by atoms with E-state index in [0.717, 1.165) is 0 Å². The molecule has 16 heavy (non-hydrogen) atoms. The molecule has 0 spiro atoms. The average molecular weight is 221 g/mol. The third-order valence-corrected chi connectivity index (χ3v) is 2.17. The summed E-state index contributed by atoms with van der Waals surface area (Å²) in [7, 11) is 0. The van der Waals surface area contributed by atoms with Gasteiger partial charge in [0.15, 0.2) is 5.78 Å². The summed E-state index contributed by atoms with van der Waals surface area (Å²) in [5.41, 5.74) is 6.48. The second kappa shape index (κ2) is 5.30. The minimum Gasteiger partial charge on any atom is -0.427 e. The van der Waals surface area contributed by atoms with E-state index in [1.165, 1.54) is 6.07 Å². The Morgan fingerprint density at radius 3 is 2.50 bits per heavy atom. The molecule has 4 nitrogen and oxygen atoms in total. The number of Topliss-reactive ketones (excluding diaryl/α,β-unsaturated/α-hetero) is 1. The molecule has 0 aliphatic heterocycles. The molecule has 0 atom stereocenters. The molecule has 0 aliphatic carbocycles. The minimum atomic E-state index is -0.334. The summed E-state index contributed by atoms with van der Waals surface area (Å²) in [6, 6.07) is 4.66. The van der Waals surface area contributed by atoms with Gasteiger partial charge in [-0.2, -0.15) is 0 Å². The monoisotopic (exact) mass is 221 g/mol. The fourth-order valence-electron chi connectivity index (χ4n) is 1.23. The van der Waals surface area contributed by atoms with E-state index in [1.807, 2.05) is 0 Å². The van der Waals surface area contributed by atoms with E-state index in [4.69, 9.17) is 10.5 Å². The summed E-state index contributed by atoms with van der Waals surface area (Å²) in [4.78, 5) is 22.6. The van der Waals surface area contributed by atoms with Crippen LogP contribution in [-0.4, -0.2) is 11.8 Å². The van der Waals surface area contributed by atoms with Crippen molar-refractivity contribution in [2.24, 2.45) is 0 Å². The fourth-order valence-corrected chi connectivity index (χ4v) is 1.23. The lowest BCUT2D eigenvalue weighted by Gasteiger charge is -2.07. The molecule has 0 saturated heterocycles. The SMILES string of the molecule is CCC(=O)Oc1ccc(N)c(C(=O)CC)c1. The van der Waals surface area contributed by atoms with Crippen LogP contribution < -0.4 is 10.5 Å². The Hall–Kier alpha value is -1.84. The van der Waals surface area contributed by atoms with Gasteiger partial charge in [-0.15, -0.1) is 0 Å². The number of carbonyl (C=O) groups excluding carboxylic acids is 2. The van der Waals surface area contributed by atoms with Crippen molar-refractivity contribution >= 4 is 17.4 Å². The first-order chi connectivity index (χ1) is 7.58. The van der Waals surface area contributed by atoms with Crippen LogP contribution in [0.15, 0.2) is 18.2 Å². The molecule has 2 N–H and O–H groups in total. The maximum Gasteiger partial charge on any atom is 0.310 e. The van der Waals surface area contributed by atoms with E-state index in [0.29, 0.717) is 29.8 Å². The zero-order valence-electron chi connectivity index (χ0n) is 9.45. The van der Waals surface area contributed by atoms with Crippen LogP contribution in [0.5, 0.6) is 5.75 Å². The van der Waals surface area contributed by atoms with Gasteiger partial charge in [0.1, 0.15) is 5.75 Å². The second-order valence-corrected chi connectivity index (χ2v) is 3.35. The largest absolute Gasteiger partial charge is 0.427 e. The van der Waals surface area contributed by atoms with E-state index in [9.17, 15) is 9.59 Å². The molecule has 86 valence electrons. The summed E-state index contributed by atoms with van der Waals surface area (Å²) in [5.74, 6) is -0.0376. The number of nitrogens with two attached hydrogens (primary N) is 1. The Bertz CT molecular complexity index is 413. The molecule has 0 heterocycles.